The number of hydrogen-bond donors (Lipinski definition) is 1. The second kappa shape index (κ2) is 7.82. The number of halogens is 1. The summed E-state index contributed by atoms with van der Waals surface area (Å²) in [4.78, 5) is 13.0. The molecule has 0 aliphatic rings. The Morgan fingerprint density at radius 1 is 1.04 bits per heavy atom. The van der Waals surface area contributed by atoms with Crippen molar-refractivity contribution in [2.45, 2.75) is 19.4 Å². The Balaban J connectivity index is 1.66. The molecular formula is C22H19ClN4O. The highest BCUT2D eigenvalue weighted by Gasteiger charge is 2.20. The molecule has 0 spiro atoms. The zero-order valence-electron chi connectivity index (χ0n) is 15.3. The van der Waals surface area contributed by atoms with Crippen LogP contribution in [0.3, 0.4) is 0 Å². The minimum Gasteiger partial charge on any atom is -0.377 e. The summed E-state index contributed by atoms with van der Waals surface area (Å²) in [6, 6.07) is 22.8. The van der Waals surface area contributed by atoms with Crippen LogP contribution in [-0.2, 0) is 0 Å². The van der Waals surface area contributed by atoms with Crippen molar-refractivity contribution in [3.05, 3.63) is 88.9 Å². The third-order valence-corrected chi connectivity index (χ3v) is 4.97. The SMILES string of the molecule is Cc1ccccc1NC(CC(=O)n1nnc2ccccc21)c1ccc(Cl)cc1. The van der Waals surface area contributed by atoms with Gasteiger partial charge >= 0.3 is 0 Å². The highest BCUT2D eigenvalue weighted by molar-refractivity contribution is 6.30. The zero-order chi connectivity index (χ0) is 19.5. The van der Waals surface area contributed by atoms with Gasteiger partial charge in [0.05, 0.1) is 18.0 Å². The van der Waals surface area contributed by atoms with Gasteiger partial charge in [-0.25, -0.2) is 0 Å². The average Bonchev–Trinajstić information content (AvgIpc) is 3.14. The number of nitrogens with one attached hydrogen (secondary N) is 1. The number of carbonyl (C=O) groups is 1. The lowest BCUT2D eigenvalue weighted by atomic mass is 10.0. The summed E-state index contributed by atoms with van der Waals surface area (Å²) in [5, 5.41) is 12.3. The van der Waals surface area contributed by atoms with Crippen LogP contribution in [0.1, 0.15) is 28.4 Å². The van der Waals surface area contributed by atoms with Gasteiger partial charge in [0, 0.05) is 10.7 Å². The van der Waals surface area contributed by atoms with E-state index in [0.29, 0.717) is 16.1 Å². The maximum absolute atomic E-state index is 13.0. The Morgan fingerprint density at radius 3 is 2.54 bits per heavy atom. The summed E-state index contributed by atoms with van der Waals surface area (Å²) in [5.41, 5.74) is 4.48. The van der Waals surface area contributed by atoms with E-state index in [1.54, 1.807) is 0 Å². The number of fused-ring (bicyclic) bond motifs is 1. The van der Waals surface area contributed by atoms with E-state index in [9.17, 15) is 4.79 Å². The van der Waals surface area contributed by atoms with E-state index < -0.39 is 0 Å². The normalized spacial score (nSPS) is 12.1. The van der Waals surface area contributed by atoms with Crippen LogP contribution in [0, 0.1) is 6.92 Å². The fraction of sp³-hybridized carbons (Fsp3) is 0.136. The lowest BCUT2D eigenvalue weighted by Crippen LogP contribution is -2.21. The summed E-state index contributed by atoms with van der Waals surface area (Å²) in [7, 11) is 0. The van der Waals surface area contributed by atoms with Crippen LogP contribution in [0.25, 0.3) is 11.0 Å². The molecule has 4 rings (SSSR count). The molecule has 1 unspecified atom stereocenters. The van der Waals surface area contributed by atoms with Crippen LogP contribution in [-0.4, -0.2) is 20.9 Å². The molecule has 0 bridgehead atoms. The predicted octanol–water partition coefficient (Wildman–Crippen LogP) is 5.28. The Morgan fingerprint density at radius 2 is 1.75 bits per heavy atom. The number of para-hydroxylation sites is 2. The molecule has 0 aliphatic heterocycles. The van der Waals surface area contributed by atoms with E-state index in [2.05, 4.69) is 15.6 Å². The molecule has 1 aromatic heterocycles. The fourth-order valence-corrected chi connectivity index (χ4v) is 3.31. The predicted molar refractivity (Wildman–Crippen MR) is 112 cm³/mol. The minimum absolute atomic E-state index is 0.130. The molecule has 140 valence electrons. The van der Waals surface area contributed by atoms with E-state index in [1.165, 1.54) is 4.68 Å². The Labute approximate surface area is 167 Å². The van der Waals surface area contributed by atoms with E-state index in [4.69, 9.17) is 11.6 Å². The Hall–Kier alpha value is -3.18. The van der Waals surface area contributed by atoms with Crippen LogP contribution >= 0.6 is 11.6 Å². The molecule has 0 amide bonds. The topological polar surface area (TPSA) is 59.8 Å². The maximum atomic E-state index is 13.0. The van der Waals surface area contributed by atoms with Crippen molar-refractivity contribution in [1.29, 1.82) is 0 Å². The number of aromatic nitrogens is 3. The largest absolute Gasteiger partial charge is 0.377 e. The number of rotatable bonds is 5. The van der Waals surface area contributed by atoms with Crippen molar-refractivity contribution >= 4 is 34.2 Å². The third kappa shape index (κ3) is 3.75. The monoisotopic (exact) mass is 390 g/mol. The van der Waals surface area contributed by atoms with Gasteiger partial charge in [-0.15, -0.1) is 5.10 Å². The number of benzene rings is 3. The average molecular weight is 391 g/mol. The van der Waals surface area contributed by atoms with Gasteiger partial charge in [-0.05, 0) is 48.4 Å². The highest BCUT2D eigenvalue weighted by Crippen LogP contribution is 2.27. The Bertz CT molecular complexity index is 1120. The van der Waals surface area contributed by atoms with Crippen molar-refractivity contribution in [3.63, 3.8) is 0 Å². The first-order valence-electron chi connectivity index (χ1n) is 9.03. The van der Waals surface area contributed by atoms with Gasteiger partial charge in [0.2, 0.25) is 0 Å². The first-order valence-corrected chi connectivity index (χ1v) is 9.41. The van der Waals surface area contributed by atoms with Gasteiger partial charge in [0.15, 0.2) is 0 Å². The minimum atomic E-state index is -0.228. The van der Waals surface area contributed by atoms with Crippen molar-refractivity contribution in [1.82, 2.24) is 15.0 Å². The molecule has 0 fully saturated rings. The molecular weight excluding hydrogens is 372 g/mol. The van der Waals surface area contributed by atoms with Gasteiger partial charge in [0.25, 0.3) is 5.91 Å². The van der Waals surface area contributed by atoms with Crippen LogP contribution in [0.4, 0.5) is 5.69 Å². The van der Waals surface area contributed by atoms with Crippen molar-refractivity contribution < 1.29 is 4.79 Å². The van der Waals surface area contributed by atoms with Gasteiger partial charge in [-0.2, -0.15) is 4.68 Å². The number of carbonyl (C=O) groups excluding carboxylic acids is 1. The molecule has 0 saturated heterocycles. The van der Waals surface area contributed by atoms with Crippen LogP contribution in [0.15, 0.2) is 72.8 Å². The first-order chi connectivity index (χ1) is 13.6. The van der Waals surface area contributed by atoms with Crippen LogP contribution < -0.4 is 5.32 Å². The second-order valence-corrected chi connectivity index (χ2v) is 7.09. The summed E-state index contributed by atoms with van der Waals surface area (Å²) in [6.07, 6.45) is 0.226. The molecule has 0 radical (unpaired) electrons. The summed E-state index contributed by atoms with van der Waals surface area (Å²) >= 11 is 6.04. The van der Waals surface area contributed by atoms with Crippen LogP contribution in [0.5, 0.6) is 0 Å². The molecule has 0 aliphatic carbocycles. The number of hydrogen-bond acceptors (Lipinski definition) is 4. The van der Waals surface area contributed by atoms with Crippen molar-refractivity contribution in [2.24, 2.45) is 0 Å². The van der Waals surface area contributed by atoms with E-state index >= 15 is 0 Å². The molecule has 1 N–H and O–H groups in total. The summed E-state index contributed by atoms with van der Waals surface area (Å²) in [5.74, 6) is -0.130. The standard InChI is InChI=1S/C22H19ClN4O/c1-15-6-2-3-7-18(15)24-20(16-10-12-17(23)13-11-16)14-22(28)27-21-9-5-4-8-19(21)25-26-27/h2-13,20,24H,14H2,1H3. The lowest BCUT2D eigenvalue weighted by molar-refractivity contribution is 0.0883. The molecule has 3 aromatic carbocycles. The lowest BCUT2D eigenvalue weighted by Gasteiger charge is -2.21. The molecule has 1 atom stereocenters. The number of aryl methyl sites for hydroxylation is 1. The van der Waals surface area contributed by atoms with Gasteiger partial charge in [-0.1, -0.05) is 59.3 Å². The second-order valence-electron chi connectivity index (χ2n) is 6.65. The number of anilines is 1. The van der Waals surface area contributed by atoms with E-state index in [0.717, 1.165) is 16.8 Å². The number of nitrogens with zero attached hydrogens (tertiary/aromatic N) is 3. The Kier molecular flexibility index (Phi) is 5.08. The molecule has 5 nitrogen and oxygen atoms in total. The molecule has 0 saturated carbocycles. The van der Waals surface area contributed by atoms with Gasteiger partial charge in [0.1, 0.15) is 5.52 Å². The van der Waals surface area contributed by atoms with E-state index in [1.807, 2.05) is 79.7 Å². The van der Waals surface area contributed by atoms with Crippen LogP contribution in [0.2, 0.25) is 5.02 Å². The third-order valence-electron chi connectivity index (χ3n) is 4.71. The molecule has 1 heterocycles. The van der Waals surface area contributed by atoms with Gasteiger partial charge in [-0.3, -0.25) is 4.79 Å². The molecule has 28 heavy (non-hydrogen) atoms. The smallest absolute Gasteiger partial charge is 0.251 e. The van der Waals surface area contributed by atoms with Gasteiger partial charge < -0.3 is 5.32 Å². The van der Waals surface area contributed by atoms with Crippen molar-refractivity contribution in [2.75, 3.05) is 5.32 Å². The first kappa shape index (κ1) is 18.2. The summed E-state index contributed by atoms with van der Waals surface area (Å²) < 4.78 is 1.37. The van der Waals surface area contributed by atoms with E-state index in [-0.39, 0.29) is 18.4 Å². The zero-order valence-corrected chi connectivity index (χ0v) is 16.1. The maximum Gasteiger partial charge on any atom is 0.251 e. The van der Waals surface area contributed by atoms with Crippen molar-refractivity contribution in [3.8, 4) is 0 Å². The quantitative estimate of drug-likeness (QED) is 0.503. The fourth-order valence-electron chi connectivity index (χ4n) is 3.18. The molecule has 6 heteroatoms. The summed E-state index contributed by atoms with van der Waals surface area (Å²) in [6.45, 7) is 2.04. The highest BCUT2D eigenvalue weighted by atomic mass is 35.5. The molecule has 4 aromatic rings.